The van der Waals surface area contributed by atoms with Crippen LogP contribution < -0.4 is 4.74 Å². The summed E-state index contributed by atoms with van der Waals surface area (Å²) in [6, 6.07) is 28.9. The van der Waals surface area contributed by atoms with Crippen LogP contribution in [-0.2, 0) is 0 Å². The molecule has 3 heteroatoms. The monoisotopic (exact) mass is 371 g/mol. The number of aryl methyl sites for hydroxylation is 2. The molecule has 1 aromatic heterocycles. The summed E-state index contributed by atoms with van der Waals surface area (Å²) in [4.78, 5) is 5.97. The van der Waals surface area contributed by atoms with E-state index in [1.54, 1.807) is 11.3 Å². The maximum atomic E-state index is 6.46. The molecule has 0 fully saturated rings. The van der Waals surface area contributed by atoms with Gasteiger partial charge in [-0.3, -0.25) is 0 Å². The summed E-state index contributed by atoms with van der Waals surface area (Å²) >= 11 is 1.70. The third-order valence-corrected chi connectivity index (χ3v) is 5.44. The number of benzene rings is 3. The van der Waals surface area contributed by atoms with Gasteiger partial charge in [-0.05, 0) is 31.5 Å². The van der Waals surface area contributed by atoms with E-state index in [1.165, 1.54) is 5.56 Å². The van der Waals surface area contributed by atoms with E-state index in [0.717, 1.165) is 32.5 Å². The van der Waals surface area contributed by atoms with Crippen LogP contribution in [0.25, 0.3) is 11.3 Å². The van der Waals surface area contributed by atoms with Gasteiger partial charge in [0.15, 0.2) is 6.10 Å². The van der Waals surface area contributed by atoms with Gasteiger partial charge in [-0.15, -0.1) is 11.3 Å². The van der Waals surface area contributed by atoms with E-state index in [1.807, 2.05) is 36.4 Å². The van der Waals surface area contributed by atoms with Crippen molar-refractivity contribution < 1.29 is 4.74 Å². The van der Waals surface area contributed by atoms with Gasteiger partial charge in [0.05, 0.1) is 15.6 Å². The highest BCUT2D eigenvalue weighted by atomic mass is 32.1. The van der Waals surface area contributed by atoms with Crippen LogP contribution >= 0.6 is 11.3 Å². The number of para-hydroxylation sites is 1. The standard InChI is InChI=1S/C24H21NOS/c1-17-13-15-19(16-14-17)22-24(27-18(2)25-22)23(20-9-5-3-6-10-20)26-21-11-7-4-8-12-21/h3-16,23H,1-2H3. The Bertz CT molecular complexity index is 1010. The van der Waals surface area contributed by atoms with Crippen LogP contribution in [0.1, 0.15) is 27.1 Å². The lowest BCUT2D eigenvalue weighted by atomic mass is 10.0. The van der Waals surface area contributed by atoms with Crippen LogP contribution in [0.5, 0.6) is 5.75 Å². The first kappa shape index (κ1) is 17.5. The lowest BCUT2D eigenvalue weighted by Gasteiger charge is -2.20. The van der Waals surface area contributed by atoms with E-state index in [9.17, 15) is 0 Å². The molecule has 1 atom stereocenters. The van der Waals surface area contributed by atoms with Gasteiger partial charge in [0.2, 0.25) is 0 Å². The third kappa shape index (κ3) is 3.93. The zero-order valence-corrected chi connectivity index (χ0v) is 16.2. The van der Waals surface area contributed by atoms with Crippen molar-refractivity contribution in [3.63, 3.8) is 0 Å². The molecular weight excluding hydrogens is 350 g/mol. The second-order valence-corrected chi connectivity index (χ2v) is 7.77. The molecule has 0 aliphatic carbocycles. The molecule has 0 saturated carbocycles. The molecule has 0 amide bonds. The van der Waals surface area contributed by atoms with Crippen LogP contribution in [0.2, 0.25) is 0 Å². The lowest BCUT2D eigenvalue weighted by molar-refractivity contribution is 0.251. The molecule has 4 rings (SSSR count). The fourth-order valence-electron chi connectivity index (χ4n) is 3.07. The maximum Gasteiger partial charge on any atom is 0.160 e. The average molecular weight is 372 g/mol. The Balaban J connectivity index is 1.82. The molecule has 2 nitrogen and oxygen atoms in total. The number of aromatic nitrogens is 1. The number of hydrogen-bond donors (Lipinski definition) is 0. The summed E-state index contributed by atoms with van der Waals surface area (Å²) in [7, 11) is 0. The van der Waals surface area contributed by atoms with Crippen molar-refractivity contribution in [1.29, 1.82) is 0 Å². The Morgan fingerprint density at radius 3 is 2.07 bits per heavy atom. The van der Waals surface area contributed by atoms with E-state index in [4.69, 9.17) is 9.72 Å². The van der Waals surface area contributed by atoms with Gasteiger partial charge in [-0.1, -0.05) is 78.4 Å². The summed E-state index contributed by atoms with van der Waals surface area (Å²) in [5.41, 5.74) is 4.49. The van der Waals surface area contributed by atoms with Gasteiger partial charge in [0, 0.05) is 5.56 Å². The minimum atomic E-state index is -0.198. The van der Waals surface area contributed by atoms with Crippen molar-refractivity contribution in [3.8, 4) is 17.0 Å². The second kappa shape index (κ2) is 7.77. The van der Waals surface area contributed by atoms with Crippen molar-refractivity contribution in [2.45, 2.75) is 20.0 Å². The minimum Gasteiger partial charge on any atom is -0.480 e. The van der Waals surface area contributed by atoms with Gasteiger partial charge >= 0.3 is 0 Å². The average Bonchev–Trinajstić information content (AvgIpc) is 3.09. The summed E-state index contributed by atoms with van der Waals surface area (Å²) < 4.78 is 6.46. The zero-order chi connectivity index (χ0) is 18.6. The fraction of sp³-hybridized carbons (Fsp3) is 0.125. The highest BCUT2D eigenvalue weighted by Crippen LogP contribution is 2.38. The first-order valence-corrected chi connectivity index (χ1v) is 9.83. The molecule has 27 heavy (non-hydrogen) atoms. The predicted octanol–water partition coefficient (Wildman–Crippen LogP) is 6.60. The Morgan fingerprint density at radius 1 is 0.778 bits per heavy atom. The Kier molecular flexibility index (Phi) is 5.03. The minimum absolute atomic E-state index is 0.198. The third-order valence-electron chi connectivity index (χ3n) is 4.42. The van der Waals surface area contributed by atoms with E-state index in [2.05, 4.69) is 62.4 Å². The number of rotatable bonds is 5. The number of hydrogen-bond acceptors (Lipinski definition) is 3. The van der Waals surface area contributed by atoms with Crippen molar-refractivity contribution in [3.05, 3.63) is 106 Å². The molecule has 0 aliphatic heterocycles. The molecule has 0 spiro atoms. The molecule has 0 bridgehead atoms. The van der Waals surface area contributed by atoms with Gasteiger partial charge in [0.25, 0.3) is 0 Å². The van der Waals surface area contributed by atoms with Crippen LogP contribution in [0.4, 0.5) is 0 Å². The van der Waals surface area contributed by atoms with E-state index < -0.39 is 0 Å². The fourth-order valence-corrected chi connectivity index (χ4v) is 4.08. The van der Waals surface area contributed by atoms with Gasteiger partial charge < -0.3 is 4.74 Å². The zero-order valence-electron chi connectivity index (χ0n) is 15.4. The van der Waals surface area contributed by atoms with Gasteiger partial charge in [0.1, 0.15) is 5.75 Å². The van der Waals surface area contributed by atoms with Crippen molar-refractivity contribution in [2.75, 3.05) is 0 Å². The SMILES string of the molecule is Cc1ccc(-c2nc(C)sc2C(Oc2ccccc2)c2ccccc2)cc1. The molecular formula is C24H21NOS. The molecule has 0 saturated heterocycles. The molecule has 0 aliphatic rings. The smallest absolute Gasteiger partial charge is 0.160 e. The van der Waals surface area contributed by atoms with E-state index in [0.29, 0.717) is 0 Å². The van der Waals surface area contributed by atoms with E-state index in [-0.39, 0.29) is 6.10 Å². The van der Waals surface area contributed by atoms with Gasteiger partial charge in [-0.2, -0.15) is 0 Å². The highest BCUT2D eigenvalue weighted by Gasteiger charge is 2.24. The second-order valence-electron chi connectivity index (χ2n) is 6.53. The van der Waals surface area contributed by atoms with Crippen LogP contribution in [-0.4, -0.2) is 4.98 Å². The molecule has 4 aromatic rings. The molecule has 0 N–H and O–H groups in total. The Labute approximate surface area is 164 Å². The normalized spacial score (nSPS) is 11.9. The summed E-state index contributed by atoms with van der Waals surface area (Å²) in [6.07, 6.45) is -0.198. The maximum absolute atomic E-state index is 6.46. The molecule has 1 unspecified atom stereocenters. The Morgan fingerprint density at radius 2 is 1.41 bits per heavy atom. The van der Waals surface area contributed by atoms with Crippen molar-refractivity contribution >= 4 is 11.3 Å². The van der Waals surface area contributed by atoms with Crippen LogP contribution in [0.3, 0.4) is 0 Å². The summed E-state index contributed by atoms with van der Waals surface area (Å²) in [5.74, 6) is 0.854. The topological polar surface area (TPSA) is 22.1 Å². The first-order chi connectivity index (χ1) is 13.2. The van der Waals surface area contributed by atoms with Crippen LogP contribution in [0, 0.1) is 13.8 Å². The number of ether oxygens (including phenoxy) is 1. The molecule has 3 aromatic carbocycles. The predicted molar refractivity (Wildman–Crippen MR) is 112 cm³/mol. The molecule has 0 radical (unpaired) electrons. The van der Waals surface area contributed by atoms with Crippen molar-refractivity contribution in [2.24, 2.45) is 0 Å². The van der Waals surface area contributed by atoms with E-state index >= 15 is 0 Å². The van der Waals surface area contributed by atoms with Gasteiger partial charge in [-0.25, -0.2) is 4.98 Å². The lowest BCUT2D eigenvalue weighted by Crippen LogP contribution is -2.09. The first-order valence-electron chi connectivity index (χ1n) is 9.02. The molecule has 1 heterocycles. The summed E-state index contributed by atoms with van der Waals surface area (Å²) in [6.45, 7) is 4.15. The van der Waals surface area contributed by atoms with Crippen molar-refractivity contribution in [1.82, 2.24) is 4.98 Å². The molecule has 134 valence electrons. The Hall–Kier alpha value is -2.91. The quantitative estimate of drug-likeness (QED) is 0.394. The summed E-state index contributed by atoms with van der Waals surface area (Å²) in [5, 5.41) is 1.04. The number of nitrogens with zero attached hydrogens (tertiary/aromatic N) is 1. The van der Waals surface area contributed by atoms with Crippen LogP contribution in [0.15, 0.2) is 84.9 Å². The highest BCUT2D eigenvalue weighted by molar-refractivity contribution is 7.12. The number of thiazole rings is 1. The largest absolute Gasteiger partial charge is 0.480 e.